The van der Waals surface area contributed by atoms with E-state index in [1.54, 1.807) is 3.58 Å². The van der Waals surface area contributed by atoms with Crippen LogP contribution in [0.25, 0.3) is 0 Å². The summed E-state index contributed by atoms with van der Waals surface area (Å²) in [5, 5.41) is 0. The second-order valence-electron chi connectivity index (χ2n) is 2.96. The van der Waals surface area contributed by atoms with Crippen molar-refractivity contribution in [2.75, 3.05) is 0 Å². The number of rotatable bonds is 0. The van der Waals surface area contributed by atoms with Gasteiger partial charge in [0.25, 0.3) is 0 Å². The van der Waals surface area contributed by atoms with Crippen molar-refractivity contribution in [3.63, 3.8) is 0 Å². The summed E-state index contributed by atoms with van der Waals surface area (Å²) < 4.78 is 1.58. The van der Waals surface area contributed by atoms with Crippen molar-refractivity contribution in [2.45, 2.75) is 44.9 Å². The van der Waals surface area contributed by atoms with Crippen LogP contribution in [0.4, 0.5) is 0 Å². The van der Waals surface area contributed by atoms with Gasteiger partial charge >= 0.3 is 0 Å². The molecule has 0 fully saturated rings. The zero-order valence-electron chi connectivity index (χ0n) is 6.41. The van der Waals surface area contributed by atoms with Gasteiger partial charge in [-0.05, 0) is 51.9 Å². The normalized spacial score (nSPS) is 22.3. The smallest absolute Gasteiger partial charge is 0.0134 e. The predicted octanol–water partition coefficient (Wildman–Crippen LogP) is 4.05. The molecule has 58 valence electrons. The highest BCUT2D eigenvalue weighted by molar-refractivity contribution is 14.1. The van der Waals surface area contributed by atoms with E-state index in [1.165, 1.54) is 44.9 Å². The number of hydrogen-bond acceptors (Lipinski definition) is 0. The number of hydrogen-bond donors (Lipinski definition) is 0. The molecule has 0 N–H and O–H groups in total. The van der Waals surface area contributed by atoms with Crippen molar-refractivity contribution in [2.24, 2.45) is 0 Å². The van der Waals surface area contributed by atoms with Crippen molar-refractivity contribution >= 4 is 22.6 Å². The van der Waals surface area contributed by atoms with Crippen LogP contribution in [0.2, 0.25) is 0 Å². The molecule has 0 saturated carbocycles. The van der Waals surface area contributed by atoms with Crippen LogP contribution in [0.3, 0.4) is 0 Å². The van der Waals surface area contributed by atoms with Crippen LogP contribution in [-0.4, -0.2) is 0 Å². The molecular weight excluding hydrogens is 235 g/mol. The summed E-state index contributed by atoms with van der Waals surface area (Å²) in [6, 6.07) is 0. The van der Waals surface area contributed by atoms with Crippen molar-refractivity contribution in [1.29, 1.82) is 0 Å². The highest BCUT2D eigenvalue weighted by Crippen LogP contribution is 2.20. The SMILES string of the molecule is IC1=CCCCCCCC1. The lowest BCUT2D eigenvalue weighted by atomic mass is 10.1. The molecule has 1 rings (SSSR count). The molecule has 0 aromatic heterocycles. The van der Waals surface area contributed by atoms with Gasteiger partial charge in [0.1, 0.15) is 0 Å². The van der Waals surface area contributed by atoms with Gasteiger partial charge in [0.05, 0.1) is 0 Å². The lowest BCUT2D eigenvalue weighted by Crippen LogP contribution is -1.75. The highest BCUT2D eigenvalue weighted by Gasteiger charge is 1.96. The minimum absolute atomic E-state index is 1.32. The number of allylic oxidation sites excluding steroid dienone is 2. The van der Waals surface area contributed by atoms with Gasteiger partial charge in [-0.3, -0.25) is 0 Å². The van der Waals surface area contributed by atoms with Gasteiger partial charge in [-0.25, -0.2) is 0 Å². The Kier molecular flexibility index (Phi) is 4.42. The molecule has 0 aromatic rings. The van der Waals surface area contributed by atoms with Gasteiger partial charge in [-0.15, -0.1) is 0 Å². The van der Waals surface area contributed by atoms with E-state index in [1.807, 2.05) is 0 Å². The van der Waals surface area contributed by atoms with Crippen LogP contribution in [0.15, 0.2) is 9.66 Å². The molecule has 1 aliphatic rings. The first kappa shape index (κ1) is 8.57. The van der Waals surface area contributed by atoms with E-state index in [9.17, 15) is 0 Å². The van der Waals surface area contributed by atoms with Crippen LogP contribution in [0.1, 0.15) is 44.9 Å². The summed E-state index contributed by atoms with van der Waals surface area (Å²) >= 11 is 2.48. The van der Waals surface area contributed by atoms with Crippen LogP contribution in [0.5, 0.6) is 0 Å². The van der Waals surface area contributed by atoms with Gasteiger partial charge in [0.15, 0.2) is 0 Å². The molecule has 0 saturated heterocycles. The zero-order chi connectivity index (χ0) is 7.23. The first-order chi connectivity index (χ1) is 4.89. The summed E-state index contributed by atoms with van der Waals surface area (Å²) in [6.07, 6.45) is 12.2. The monoisotopic (exact) mass is 250 g/mol. The quantitative estimate of drug-likeness (QED) is 0.569. The summed E-state index contributed by atoms with van der Waals surface area (Å²) in [6.45, 7) is 0. The maximum atomic E-state index is 2.48. The lowest BCUT2D eigenvalue weighted by molar-refractivity contribution is 0.632. The molecule has 0 heterocycles. The number of halogens is 1. The standard InChI is InChI=1S/C9H15I/c10-9-7-5-3-1-2-4-6-8-9/h7H,1-6,8H2. The third kappa shape index (κ3) is 3.59. The van der Waals surface area contributed by atoms with Gasteiger partial charge in [-0.1, -0.05) is 25.3 Å². The van der Waals surface area contributed by atoms with Crippen molar-refractivity contribution < 1.29 is 0 Å². The summed E-state index contributed by atoms with van der Waals surface area (Å²) in [5.41, 5.74) is 0. The van der Waals surface area contributed by atoms with Crippen LogP contribution < -0.4 is 0 Å². The topological polar surface area (TPSA) is 0 Å². The molecule has 0 spiro atoms. The fourth-order valence-electron chi connectivity index (χ4n) is 1.33. The van der Waals surface area contributed by atoms with E-state index in [2.05, 4.69) is 28.7 Å². The average Bonchev–Trinajstić information content (AvgIpc) is 2.02. The molecule has 10 heavy (non-hydrogen) atoms. The van der Waals surface area contributed by atoms with Crippen LogP contribution >= 0.6 is 22.6 Å². The van der Waals surface area contributed by atoms with Crippen molar-refractivity contribution in [1.82, 2.24) is 0 Å². The molecule has 0 unspecified atom stereocenters. The Labute approximate surface area is 77.2 Å². The Balaban J connectivity index is 2.29. The van der Waals surface area contributed by atoms with Crippen molar-refractivity contribution in [3.8, 4) is 0 Å². The second-order valence-corrected chi connectivity index (χ2v) is 4.34. The molecule has 0 radical (unpaired) electrons. The zero-order valence-corrected chi connectivity index (χ0v) is 8.56. The van der Waals surface area contributed by atoms with Crippen LogP contribution in [0, 0.1) is 0 Å². The van der Waals surface area contributed by atoms with E-state index >= 15 is 0 Å². The molecule has 1 heteroatoms. The second kappa shape index (κ2) is 5.16. The Bertz CT molecular complexity index is 116. The molecule has 1 aliphatic carbocycles. The summed E-state index contributed by atoms with van der Waals surface area (Å²) in [7, 11) is 0. The largest absolute Gasteiger partial charge is 0.0752 e. The first-order valence-corrected chi connectivity index (χ1v) is 5.32. The fraction of sp³-hybridized carbons (Fsp3) is 0.778. The van der Waals surface area contributed by atoms with Gasteiger partial charge in [0.2, 0.25) is 0 Å². The maximum absolute atomic E-state index is 2.48. The van der Waals surface area contributed by atoms with E-state index in [0.29, 0.717) is 0 Å². The molecule has 0 bridgehead atoms. The van der Waals surface area contributed by atoms with E-state index in [-0.39, 0.29) is 0 Å². The van der Waals surface area contributed by atoms with E-state index in [4.69, 9.17) is 0 Å². The molecule has 0 nitrogen and oxygen atoms in total. The maximum Gasteiger partial charge on any atom is -0.0134 e. The minimum atomic E-state index is 1.32. The third-order valence-electron chi connectivity index (χ3n) is 1.99. The summed E-state index contributed by atoms with van der Waals surface area (Å²) in [4.78, 5) is 0. The molecular formula is C9H15I. The Morgan fingerprint density at radius 3 is 2.60 bits per heavy atom. The van der Waals surface area contributed by atoms with Crippen molar-refractivity contribution in [3.05, 3.63) is 9.66 Å². The Morgan fingerprint density at radius 2 is 1.70 bits per heavy atom. The van der Waals surface area contributed by atoms with Gasteiger partial charge < -0.3 is 0 Å². The van der Waals surface area contributed by atoms with Gasteiger partial charge in [-0.2, -0.15) is 0 Å². The van der Waals surface area contributed by atoms with Crippen LogP contribution in [-0.2, 0) is 0 Å². The predicted molar refractivity (Wildman–Crippen MR) is 54.4 cm³/mol. The molecule has 0 aliphatic heterocycles. The lowest BCUT2D eigenvalue weighted by Gasteiger charge is -1.95. The third-order valence-corrected chi connectivity index (χ3v) is 2.97. The molecule has 0 aromatic carbocycles. The Morgan fingerprint density at radius 1 is 1.00 bits per heavy atom. The van der Waals surface area contributed by atoms with E-state index < -0.39 is 0 Å². The first-order valence-electron chi connectivity index (χ1n) is 4.24. The average molecular weight is 250 g/mol. The molecule has 0 atom stereocenters. The van der Waals surface area contributed by atoms with Gasteiger partial charge in [0, 0.05) is 0 Å². The highest BCUT2D eigenvalue weighted by atomic mass is 127. The fourth-order valence-corrected chi connectivity index (χ4v) is 2.02. The minimum Gasteiger partial charge on any atom is -0.0752 e. The molecule has 0 amide bonds. The van der Waals surface area contributed by atoms with E-state index in [0.717, 1.165) is 0 Å². The Hall–Kier alpha value is 0.470. The summed E-state index contributed by atoms with van der Waals surface area (Å²) in [5.74, 6) is 0.